The van der Waals surface area contributed by atoms with E-state index in [1.807, 2.05) is 0 Å². The van der Waals surface area contributed by atoms with Gasteiger partial charge in [-0.1, -0.05) is 18.7 Å². The maximum atomic E-state index is 9.06. The van der Waals surface area contributed by atoms with Crippen LogP contribution >= 0.6 is 11.8 Å². The molecule has 3 unspecified atom stereocenters. The topological polar surface area (TPSA) is 49.8 Å². The summed E-state index contributed by atoms with van der Waals surface area (Å²) < 4.78 is 5.21. The van der Waals surface area contributed by atoms with Crippen molar-refractivity contribution < 1.29 is 4.42 Å². The molecule has 1 aliphatic rings. The molecule has 1 aliphatic carbocycles. The lowest BCUT2D eigenvalue weighted by atomic mass is 9.83. The van der Waals surface area contributed by atoms with E-state index in [-0.39, 0.29) is 5.92 Å². The second-order valence-corrected chi connectivity index (χ2v) is 5.30. The van der Waals surface area contributed by atoms with E-state index in [1.54, 1.807) is 24.2 Å². The monoisotopic (exact) mass is 222 g/mol. The molecule has 15 heavy (non-hydrogen) atoms. The summed E-state index contributed by atoms with van der Waals surface area (Å²) in [6.07, 6.45) is 6.49. The van der Waals surface area contributed by atoms with Crippen molar-refractivity contribution in [1.29, 1.82) is 5.26 Å². The highest BCUT2D eigenvalue weighted by molar-refractivity contribution is 7.99. The van der Waals surface area contributed by atoms with Crippen LogP contribution in [0.5, 0.6) is 0 Å². The first-order chi connectivity index (χ1) is 7.29. The van der Waals surface area contributed by atoms with E-state index in [0.29, 0.717) is 16.4 Å². The third-order valence-corrected chi connectivity index (χ3v) is 4.11. The lowest BCUT2D eigenvalue weighted by molar-refractivity contribution is 0.343. The Kier molecular flexibility index (Phi) is 3.32. The Morgan fingerprint density at radius 2 is 2.47 bits per heavy atom. The van der Waals surface area contributed by atoms with Crippen LogP contribution in [0.3, 0.4) is 0 Å². The summed E-state index contributed by atoms with van der Waals surface area (Å²) in [7, 11) is 0. The molecule has 0 saturated heterocycles. The van der Waals surface area contributed by atoms with Crippen LogP contribution in [0.4, 0.5) is 0 Å². The third-order valence-electron chi connectivity index (χ3n) is 2.88. The Morgan fingerprint density at radius 3 is 3.13 bits per heavy atom. The summed E-state index contributed by atoms with van der Waals surface area (Å²) in [5.41, 5.74) is 0. The quantitative estimate of drug-likeness (QED) is 0.771. The number of aromatic nitrogens is 1. The zero-order valence-corrected chi connectivity index (χ0v) is 9.54. The molecule has 1 fully saturated rings. The van der Waals surface area contributed by atoms with E-state index < -0.39 is 0 Å². The van der Waals surface area contributed by atoms with Crippen LogP contribution in [0.25, 0.3) is 0 Å². The average molecular weight is 222 g/mol. The van der Waals surface area contributed by atoms with E-state index in [1.165, 1.54) is 6.42 Å². The molecule has 3 atom stereocenters. The van der Waals surface area contributed by atoms with Crippen LogP contribution in [0.1, 0.15) is 26.2 Å². The summed E-state index contributed by atoms with van der Waals surface area (Å²) in [6.45, 7) is 2.25. The van der Waals surface area contributed by atoms with Crippen molar-refractivity contribution >= 4 is 11.8 Å². The minimum atomic E-state index is 0.151. The summed E-state index contributed by atoms with van der Waals surface area (Å²) in [5.74, 6) is 0.861. The van der Waals surface area contributed by atoms with Gasteiger partial charge in [0.2, 0.25) is 0 Å². The van der Waals surface area contributed by atoms with E-state index in [0.717, 1.165) is 12.8 Å². The maximum Gasteiger partial charge on any atom is 0.255 e. The molecule has 1 heterocycles. The summed E-state index contributed by atoms with van der Waals surface area (Å²) in [6, 6.07) is 2.40. The molecule has 0 aliphatic heterocycles. The third kappa shape index (κ3) is 2.54. The Morgan fingerprint density at radius 1 is 1.60 bits per heavy atom. The molecule has 3 nitrogen and oxygen atoms in total. The molecule has 1 saturated carbocycles. The number of thioether (sulfide) groups is 1. The highest BCUT2D eigenvalue weighted by Crippen LogP contribution is 2.38. The largest absolute Gasteiger partial charge is 0.440 e. The second-order valence-electron chi connectivity index (χ2n) is 4.11. The van der Waals surface area contributed by atoms with Crippen LogP contribution in [0, 0.1) is 23.2 Å². The Balaban J connectivity index is 2.02. The predicted octanol–water partition coefficient (Wildman–Crippen LogP) is 3.10. The molecule has 0 bridgehead atoms. The Bertz CT molecular complexity index is 344. The van der Waals surface area contributed by atoms with Gasteiger partial charge in [0.25, 0.3) is 5.22 Å². The van der Waals surface area contributed by atoms with Gasteiger partial charge in [0.15, 0.2) is 0 Å². The molecular formula is C11H14N2OS. The fourth-order valence-electron chi connectivity index (χ4n) is 2.00. The number of hydrogen-bond donors (Lipinski definition) is 0. The fraction of sp³-hybridized carbons (Fsp3) is 0.636. The van der Waals surface area contributed by atoms with Gasteiger partial charge in [0, 0.05) is 5.25 Å². The minimum Gasteiger partial charge on any atom is -0.440 e. The van der Waals surface area contributed by atoms with Crippen LogP contribution in [0.2, 0.25) is 0 Å². The van der Waals surface area contributed by atoms with Crippen LogP contribution in [0.15, 0.2) is 22.1 Å². The molecule has 0 radical (unpaired) electrons. The van der Waals surface area contributed by atoms with Gasteiger partial charge in [-0.3, -0.25) is 0 Å². The predicted molar refractivity (Wildman–Crippen MR) is 58.3 cm³/mol. The molecule has 80 valence electrons. The van der Waals surface area contributed by atoms with Gasteiger partial charge in [-0.15, -0.1) is 0 Å². The van der Waals surface area contributed by atoms with Crippen molar-refractivity contribution in [2.24, 2.45) is 11.8 Å². The highest BCUT2D eigenvalue weighted by atomic mass is 32.2. The number of hydrogen-bond acceptors (Lipinski definition) is 4. The SMILES string of the molecule is CC1CCC(C#N)C(Sc2ncco2)C1. The van der Waals surface area contributed by atoms with Gasteiger partial charge in [-0.05, 0) is 25.2 Å². The molecule has 0 aromatic carbocycles. The second kappa shape index (κ2) is 4.71. The van der Waals surface area contributed by atoms with Crippen molar-refractivity contribution in [2.45, 2.75) is 36.7 Å². The number of rotatable bonds is 2. The first kappa shape index (κ1) is 10.6. The number of nitrogens with zero attached hydrogens (tertiary/aromatic N) is 2. The number of oxazole rings is 1. The normalized spacial score (nSPS) is 31.1. The first-order valence-corrected chi connectivity index (χ1v) is 6.13. The smallest absolute Gasteiger partial charge is 0.255 e. The van der Waals surface area contributed by atoms with E-state index in [9.17, 15) is 0 Å². The fourth-order valence-corrected chi connectivity index (χ4v) is 3.28. The minimum absolute atomic E-state index is 0.151. The Labute approximate surface area is 93.9 Å². The van der Waals surface area contributed by atoms with Crippen molar-refractivity contribution in [1.82, 2.24) is 4.98 Å². The van der Waals surface area contributed by atoms with E-state index >= 15 is 0 Å². The maximum absolute atomic E-state index is 9.06. The zero-order chi connectivity index (χ0) is 10.7. The van der Waals surface area contributed by atoms with Crippen molar-refractivity contribution in [3.8, 4) is 6.07 Å². The lowest BCUT2D eigenvalue weighted by Crippen LogP contribution is -2.24. The highest BCUT2D eigenvalue weighted by Gasteiger charge is 2.30. The molecule has 2 rings (SSSR count). The van der Waals surface area contributed by atoms with Crippen LogP contribution < -0.4 is 0 Å². The summed E-state index contributed by atoms with van der Waals surface area (Å²) in [5, 5.41) is 10.1. The van der Waals surface area contributed by atoms with Gasteiger partial charge in [-0.2, -0.15) is 5.26 Å². The van der Waals surface area contributed by atoms with Gasteiger partial charge < -0.3 is 4.42 Å². The molecule has 1 aromatic rings. The lowest BCUT2D eigenvalue weighted by Gasteiger charge is -2.29. The van der Waals surface area contributed by atoms with Gasteiger partial charge >= 0.3 is 0 Å². The van der Waals surface area contributed by atoms with Crippen LogP contribution in [-0.2, 0) is 0 Å². The van der Waals surface area contributed by atoms with Crippen LogP contribution in [-0.4, -0.2) is 10.2 Å². The van der Waals surface area contributed by atoms with Gasteiger partial charge in [0.1, 0.15) is 6.26 Å². The molecule has 0 amide bonds. The average Bonchev–Trinajstić information content (AvgIpc) is 2.71. The van der Waals surface area contributed by atoms with E-state index in [4.69, 9.17) is 9.68 Å². The summed E-state index contributed by atoms with van der Waals surface area (Å²) >= 11 is 1.61. The first-order valence-electron chi connectivity index (χ1n) is 5.25. The van der Waals surface area contributed by atoms with Gasteiger partial charge in [-0.25, -0.2) is 4.98 Å². The zero-order valence-electron chi connectivity index (χ0n) is 8.72. The van der Waals surface area contributed by atoms with Gasteiger partial charge in [0.05, 0.1) is 18.2 Å². The standard InChI is InChI=1S/C11H14N2OS/c1-8-2-3-9(7-12)10(6-8)15-11-13-4-5-14-11/h4-5,8-10H,2-3,6H2,1H3. The van der Waals surface area contributed by atoms with E-state index in [2.05, 4.69) is 18.0 Å². The molecule has 0 N–H and O–H groups in total. The summed E-state index contributed by atoms with van der Waals surface area (Å²) in [4.78, 5) is 4.09. The molecule has 0 spiro atoms. The number of nitriles is 1. The molecule has 4 heteroatoms. The molecular weight excluding hydrogens is 208 g/mol. The Hall–Kier alpha value is -0.950. The van der Waals surface area contributed by atoms with Crippen molar-refractivity contribution in [2.75, 3.05) is 0 Å². The molecule has 1 aromatic heterocycles. The van der Waals surface area contributed by atoms with Crippen molar-refractivity contribution in [3.05, 3.63) is 12.5 Å². The van der Waals surface area contributed by atoms with Crippen molar-refractivity contribution in [3.63, 3.8) is 0 Å².